The van der Waals surface area contributed by atoms with Gasteiger partial charge in [-0.15, -0.1) is 0 Å². The number of aliphatic carboxylic acids is 1. The number of aryl methyl sites for hydroxylation is 1. The SMILES string of the molecule is CC(CN(C)C(=O)CCc1ccc(S(=O)(=O)NC2CC2)cc1)C(=O)O. The van der Waals surface area contributed by atoms with Gasteiger partial charge in [-0.2, -0.15) is 0 Å². The van der Waals surface area contributed by atoms with Gasteiger partial charge in [0.2, 0.25) is 15.9 Å². The van der Waals surface area contributed by atoms with Crippen LogP contribution < -0.4 is 4.72 Å². The van der Waals surface area contributed by atoms with E-state index < -0.39 is 21.9 Å². The van der Waals surface area contributed by atoms with Gasteiger partial charge in [-0.1, -0.05) is 19.1 Å². The fourth-order valence-corrected chi connectivity index (χ4v) is 3.66. The van der Waals surface area contributed by atoms with E-state index in [1.54, 1.807) is 38.2 Å². The standard InChI is InChI=1S/C17H24N2O5S/c1-12(17(21)22)11-19(2)16(20)10-5-13-3-8-15(9-4-13)25(23,24)18-14-6-7-14/h3-4,8-9,12,14,18H,5-7,10-11H2,1-2H3,(H,21,22). The third-order valence-electron chi connectivity index (χ3n) is 4.16. The van der Waals surface area contributed by atoms with Crippen LogP contribution in [0.25, 0.3) is 0 Å². The smallest absolute Gasteiger partial charge is 0.308 e. The summed E-state index contributed by atoms with van der Waals surface area (Å²) in [5.41, 5.74) is 0.860. The Morgan fingerprint density at radius 1 is 1.28 bits per heavy atom. The molecule has 1 aromatic carbocycles. The summed E-state index contributed by atoms with van der Waals surface area (Å²) in [4.78, 5) is 24.5. The molecule has 0 radical (unpaired) electrons. The molecule has 1 amide bonds. The van der Waals surface area contributed by atoms with E-state index in [0.717, 1.165) is 18.4 Å². The van der Waals surface area contributed by atoms with Gasteiger partial charge in [-0.3, -0.25) is 9.59 Å². The molecule has 0 aromatic heterocycles. The van der Waals surface area contributed by atoms with Gasteiger partial charge >= 0.3 is 5.97 Å². The first-order valence-corrected chi connectivity index (χ1v) is 9.75. The molecule has 0 heterocycles. The maximum Gasteiger partial charge on any atom is 0.308 e. The van der Waals surface area contributed by atoms with Crippen LogP contribution in [0.1, 0.15) is 31.7 Å². The van der Waals surface area contributed by atoms with E-state index in [-0.39, 0.29) is 29.8 Å². The van der Waals surface area contributed by atoms with E-state index in [9.17, 15) is 18.0 Å². The molecule has 2 N–H and O–H groups in total. The first kappa shape index (κ1) is 19.4. The summed E-state index contributed by atoms with van der Waals surface area (Å²) in [6, 6.07) is 6.55. The third-order valence-corrected chi connectivity index (χ3v) is 5.69. The van der Waals surface area contributed by atoms with Crippen molar-refractivity contribution in [2.75, 3.05) is 13.6 Å². The summed E-state index contributed by atoms with van der Waals surface area (Å²) >= 11 is 0. The zero-order valence-electron chi connectivity index (χ0n) is 14.4. The fraction of sp³-hybridized carbons (Fsp3) is 0.529. The highest BCUT2D eigenvalue weighted by Gasteiger charge is 2.27. The number of carbonyl (C=O) groups is 2. The van der Waals surface area contributed by atoms with Gasteiger partial charge in [0.05, 0.1) is 10.8 Å². The molecule has 1 fully saturated rings. The second-order valence-corrected chi connectivity index (χ2v) is 8.27. The number of hydrogen-bond acceptors (Lipinski definition) is 4. The Balaban J connectivity index is 1.86. The van der Waals surface area contributed by atoms with Gasteiger partial charge < -0.3 is 10.0 Å². The molecule has 138 valence electrons. The zero-order valence-corrected chi connectivity index (χ0v) is 15.3. The average molecular weight is 368 g/mol. The number of amides is 1. The van der Waals surface area contributed by atoms with Crippen molar-refractivity contribution in [2.45, 2.75) is 43.5 Å². The Hall–Kier alpha value is -1.93. The Labute approximate surface area is 148 Å². The number of carboxylic acids is 1. The summed E-state index contributed by atoms with van der Waals surface area (Å²) in [6.07, 6.45) is 2.48. The summed E-state index contributed by atoms with van der Waals surface area (Å²) in [5.74, 6) is -1.69. The highest BCUT2D eigenvalue weighted by Crippen LogP contribution is 2.22. The van der Waals surface area contributed by atoms with Crippen LogP contribution in [0.15, 0.2) is 29.2 Å². The van der Waals surface area contributed by atoms with Crippen LogP contribution in [0.2, 0.25) is 0 Å². The van der Waals surface area contributed by atoms with Crippen LogP contribution in [-0.4, -0.2) is 49.9 Å². The molecular weight excluding hydrogens is 344 g/mol. The number of nitrogens with zero attached hydrogens (tertiary/aromatic N) is 1. The lowest BCUT2D eigenvalue weighted by molar-refractivity contribution is -0.142. The molecule has 2 rings (SSSR count). The van der Waals surface area contributed by atoms with E-state index in [1.165, 1.54) is 4.90 Å². The molecule has 0 bridgehead atoms. The van der Waals surface area contributed by atoms with Crippen molar-refractivity contribution in [1.29, 1.82) is 0 Å². The van der Waals surface area contributed by atoms with Gasteiger partial charge in [0.1, 0.15) is 0 Å². The number of nitrogens with one attached hydrogen (secondary N) is 1. The number of benzene rings is 1. The Bertz CT molecular complexity index is 726. The van der Waals surface area contributed by atoms with Crippen LogP contribution in [0.4, 0.5) is 0 Å². The maximum atomic E-state index is 12.1. The Morgan fingerprint density at radius 3 is 2.40 bits per heavy atom. The Kier molecular flexibility index (Phi) is 6.18. The minimum Gasteiger partial charge on any atom is -0.481 e. The molecule has 7 nitrogen and oxygen atoms in total. The van der Waals surface area contributed by atoms with Crippen molar-refractivity contribution in [3.05, 3.63) is 29.8 Å². The molecule has 1 aliphatic carbocycles. The molecule has 8 heteroatoms. The van der Waals surface area contributed by atoms with E-state index in [4.69, 9.17) is 5.11 Å². The van der Waals surface area contributed by atoms with E-state index in [0.29, 0.717) is 6.42 Å². The first-order valence-electron chi connectivity index (χ1n) is 8.27. The third kappa shape index (κ3) is 5.82. The van der Waals surface area contributed by atoms with Crippen LogP contribution in [0, 0.1) is 5.92 Å². The van der Waals surface area contributed by atoms with Gasteiger partial charge in [0, 0.05) is 26.1 Å². The molecule has 1 aromatic rings. The minimum absolute atomic E-state index is 0.0611. The fourth-order valence-electron chi connectivity index (χ4n) is 2.36. The highest BCUT2D eigenvalue weighted by molar-refractivity contribution is 7.89. The number of hydrogen-bond donors (Lipinski definition) is 2. The Morgan fingerprint density at radius 2 is 1.88 bits per heavy atom. The number of rotatable bonds is 9. The second-order valence-electron chi connectivity index (χ2n) is 6.55. The largest absolute Gasteiger partial charge is 0.481 e. The van der Waals surface area contributed by atoms with Gasteiger partial charge in [0.15, 0.2) is 0 Å². The monoisotopic (exact) mass is 368 g/mol. The van der Waals surface area contributed by atoms with Crippen LogP contribution in [0.3, 0.4) is 0 Å². The predicted molar refractivity (Wildman–Crippen MR) is 92.5 cm³/mol. The van der Waals surface area contributed by atoms with Gasteiger partial charge in [-0.25, -0.2) is 13.1 Å². The molecule has 1 aliphatic rings. The van der Waals surface area contributed by atoms with Crippen molar-refractivity contribution < 1.29 is 23.1 Å². The summed E-state index contributed by atoms with van der Waals surface area (Å²) in [7, 11) is -1.88. The molecule has 1 atom stereocenters. The first-order chi connectivity index (χ1) is 11.7. The minimum atomic E-state index is -3.46. The van der Waals surface area contributed by atoms with Crippen molar-refractivity contribution in [3.63, 3.8) is 0 Å². The topological polar surface area (TPSA) is 104 Å². The lowest BCUT2D eigenvalue weighted by atomic mass is 10.1. The van der Waals surface area contributed by atoms with Crippen LogP contribution >= 0.6 is 0 Å². The quantitative estimate of drug-likeness (QED) is 0.682. The summed E-state index contributed by atoms with van der Waals surface area (Å²) in [6.45, 7) is 1.72. The molecule has 0 saturated heterocycles. The van der Waals surface area contributed by atoms with E-state index in [2.05, 4.69) is 4.72 Å². The number of carboxylic acid groups (broad SMARTS) is 1. The lowest BCUT2D eigenvalue weighted by Gasteiger charge is -2.19. The predicted octanol–water partition coefficient (Wildman–Crippen LogP) is 1.24. The zero-order chi connectivity index (χ0) is 18.6. The van der Waals surface area contributed by atoms with Crippen molar-refractivity contribution in [3.8, 4) is 0 Å². The molecule has 1 unspecified atom stereocenters. The van der Waals surface area contributed by atoms with E-state index >= 15 is 0 Å². The molecule has 0 aliphatic heterocycles. The van der Waals surface area contributed by atoms with Crippen LogP contribution in [0.5, 0.6) is 0 Å². The van der Waals surface area contributed by atoms with Gasteiger partial charge in [-0.05, 0) is 37.0 Å². The maximum absolute atomic E-state index is 12.1. The van der Waals surface area contributed by atoms with Crippen molar-refractivity contribution in [2.24, 2.45) is 5.92 Å². The summed E-state index contributed by atoms with van der Waals surface area (Å²) in [5, 5.41) is 8.88. The number of carbonyl (C=O) groups excluding carboxylic acids is 1. The van der Waals surface area contributed by atoms with Crippen molar-refractivity contribution >= 4 is 21.9 Å². The van der Waals surface area contributed by atoms with E-state index in [1.807, 2.05) is 0 Å². The van der Waals surface area contributed by atoms with Crippen LogP contribution in [-0.2, 0) is 26.0 Å². The average Bonchev–Trinajstić information content (AvgIpc) is 3.36. The lowest BCUT2D eigenvalue weighted by Crippen LogP contribution is -2.33. The molecule has 0 spiro atoms. The molecule has 25 heavy (non-hydrogen) atoms. The second kappa shape index (κ2) is 7.97. The normalized spacial score (nSPS) is 15.6. The van der Waals surface area contributed by atoms with Crippen molar-refractivity contribution in [1.82, 2.24) is 9.62 Å². The summed E-state index contributed by atoms with van der Waals surface area (Å²) < 4.78 is 26.8. The molecule has 1 saturated carbocycles. The number of sulfonamides is 1. The highest BCUT2D eigenvalue weighted by atomic mass is 32.2. The van der Waals surface area contributed by atoms with Gasteiger partial charge in [0.25, 0.3) is 0 Å². The molecular formula is C17H24N2O5S.